The first-order valence-electron chi connectivity index (χ1n) is 8.46. The molecule has 1 aliphatic rings. The molecule has 25 heavy (non-hydrogen) atoms. The standard InChI is InChI=1S/C19H20N4O2/c1-22-10-14(13-4-2-3-5-16(13)22)19(25)12-6-7-17-15(8-12)21-11-23(17)18(24)9-20/h2-5,10-12H,6-9,20H2,1H3/t12-/m1/s1. The second-order valence-electron chi connectivity index (χ2n) is 6.58. The van der Waals surface area contributed by atoms with E-state index in [1.807, 2.05) is 42.1 Å². The van der Waals surface area contributed by atoms with Crippen molar-refractivity contribution in [3.8, 4) is 0 Å². The summed E-state index contributed by atoms with van der Waals surface area (Å²) >= 11 is 0. The minimum Gasteiger partial charge on any atom is -0.350 e. The van der Waals surface area contributed by atoms with Gasteiger partial charge >= 0.3 is 0 Å². The number of benzene rings is 1. The Hall–Kier alpha value is -2.73. The summed E-state index contributed by atoms with van der Waals surface area (Å²) in [5, 5.41) is 0.990. The normalized spacial score (nSPS) is 16.8. The molecule has 2 N–H and O–H groups in total. The smallest absolute Gasteiger partial charge is 0.245 e. The fourth-order valence-corrected chi connectivity index (χ4v) is 3.79. The molecule has 3 aromatic rings. The average Bonchev–Trinajstić information content (AvgIpc) is 3.22. The number of hydrogen-bond acceptors (Lipinski definition) is 4. The van der Waals surface area contributed by atoms with Gasteiger partial charge in [-0.25, -0.2) is 4.98 Å². The Morgan fingerprint density at radius 2 is 2.12 bits per heavy atom. The fourth-order valence-electron chi connectivity index (χ4n) is 3.79. The van der Waals surface area contributed by atoms with E-state index in [1.165, 1.54) is 10.9 Å². The maximum absolute atomic E-state index is 13.1. The molecule has 6 heteroatoms. The second kappa shape index (κ2) is 5.97. The Morgan fingerprint density at radius 3 is 2.92 bits per heavy atom. The number of rotatable bonds is 3. The third-order valence-corrected chi connectivity index (χ3v) is 5.10. The molecule has 0 fully saturated rings. The van der Waals surface area contributed by atoms with Gasteiger partial charge in [0.1, 0.15) is 6.33 Å². The summed E-state index contributed by atoms with van der Waals surface area (Å²) in [6, 6.07) is 7.94. The van der Waals surface area contributed by atoms with Gasteiger partial charge in [-0.3, -0.25) is 14.2 Å². The lowest BCUT2D eigenvalue weighted by atomic mass is 9.84. The largest absolute Gasteiger partial charge is 0.350 e. The lowest BCUT2D eigenvalue weighted by Gasteiger charge is -2.21. The van der Waals surface area contributed by atoms with Crippen LogP contribution in [-0.2, 0) is 19.9 Å². The summed E-state index contributed by atoms with van der Waals surface area (Å²) in [6.07, 6.45) is 5.41. The topological polar surface area (TPSA) is 82.9 Å². The second-order valence-corrected chi connectivity index (χ2v) is 6.58. The van der Waals surface area contributed by atoms with Gasteiger partial charge in [-0.1, -0.05) is 18.2 Å². The number of carbonyl (C=O) groups is 2. The van der Waals surface area contributed by atoms with Crippen LogP contribution in [0.2, 0.25) is 0 Å². The van der Waals surface area contributed by atoms with Gasteiger partial charge in [0, 0.05) is 47.7 Å². The molecule has 0 saturated heterocycles. The molecule has 0 amide bonds. The highest BCUT2D eigenvalue weighted by molar-refractivity contribution is 6.09. The van der Waals surface area contributed by atoms with Crippen molar-refractivity contribution < 1.29 is 9.59 Å². The Labute approximate surface area is 145 Å². The van der Waals surface area contributed by atoms with E-state index < -0.39 is 0 Å². The molecule has 0 unspecified atom stereocenters. The zero-order valence-electron chi connectivity index (χ0n) is 14.1. The van der Waals surface area contributed by atoms with Gasteiger partial charge in [-0.05, 0) is 18.9 Å². The number of carbonyl (C=O) groups excluding carboxylic acids is 2. The zero-order chi connectivity index (χ0) is 17.6. The number of aromatic nitrogens is 3. The molecule has 6 nitrogen and oxygen atoms in total. The molecule has 1 atom stereocenters. The van der Waals surface area contributed by atoms with Crippen LogP contribution in [0.25, 0.3) is 10.9 Å². The molecule has 1 aliphatic carbocycles. The number of nitrogens with zero attached hydrogens (tertiary/aromatic N) is 3. The number of para-hydroxylation sites is 1. The molecular formula is C19H20N4O2. The minimum absolute atomic E-state index is 0.0405. The van der Waals surface area contributed by atoms with Gasteiger partial charge in [0.05, 0.1) is 12.2 Å². The maximum Gasteiger partial charge on any atom is 0.245 e. The number of ketones is 1. The predicted octanol–water partition coefficient (Wildman–Crippen LogP) is 1.96. The first-order chi connectivity index (χ1) is 12.1. The van der Waals surface area contributed by atoms with Crippen LogP contribution in [0.15, 0.2) is 36.8 Å². The summed E-state index contributed by atoms with van der Waals surface area (Å²) in [5.74, 6) is -0.107. The van der Waals surface area contributed by atoms with Crippen molar-refractivity contribution in [2.75, 3.05) is 6.54 Å². The van der Waals surface area contributed by atoms with Crippen molar-refractivity contribution >= 4 is 22.6 Å². The highest BCUT2D eigenvalue weighted by atomic mass is 16.2. The van der Waals surface area contributed by atoms with Crippen molar-refractivity contribution in [1.82, 2.24) is 14.1 Å². The van der Waals surface area contributed by atoms with Crippen LogP contribution < -0.4 is 5.73 Å². The number of fused-ring (bicyclic) bond motifs is 2. The first kappa shape index (κ1) is 15.8. The summed E-state index contributed by atoms with van der Waals surface area (Å²) in [6.45, 7) is -0.0405. The monoisotopic (exact) mass is 336 g/mol. The van der Waals surface area contributed by atoms with E-state index >= 15 is 0 Å². The quantitative estimate of drug-likeness (QED) is 0.741. The van der Waals surface area contributed by atoms with Gasteiger partial charge in [0.25, 0.3) is 0 Å². The van der Waals surface area contributed by atoms with Gasteiger partial charge < -0.3 is 10.3 Å². The van der Waals surface area contributed by atoms with Gasteiger partial charge in [-0.15, -0.1) is 0 Å². The van der Waals surface area contributed by atoms with Crippen LogP contribution in [0, 0.1) is 5.92 Å². The molecule has 0 saturated carbocycles. The Kier molecular flexibility index (Phi) is 3.77. The van der Waals surface area contributed by atoms with Crippen LogP contribution in [-0.4, -0.2) is 32.4 Å². The number of imidazole rings is 1. The molecule has 4 rings (SSSR count). The van der Waals surface area contributed by atoms with Gasteiger partial charge in [0.2, 0.25) is 5.91 Å². The molecule has 0 aliphatic heterocycles. The Bertz CT molecular complexity index is 983. The fraction of sp³-hybridized carbons (Fsp3) is 0.316. The number of Topliss-reactive ketones (excluding diaryl/α,β-unsaturated/α-hetero) is 1. The van der Waals surface area contributed by atoms with Crippen molar-refractivity contribution in [3.63, 3.8) is 0 Å². The first-order valence-corrected chi connectivity index (χ1v) is 8.46. The molecule has 128 valence electrons. The SMILES string of the molecule is Cn1cc(C(=O)[C@@H]2CCc3c(ncn3C(=O)CN)C2)c2ccccc21. The van der Waals surface area contributed by atoms with Crippen LogP contribution in [0.1, 0.15) is 33.0 Å². The number of nitrogens with two attached hydrogens (primary N) is 1. The van der Waals surface area contributed by atoms with E-state index in [0.29, 0.717) is 12.8 Å². The molecule has 0 radical (unpaired) electrons. The van der Waals surface area contributed by atoms with Gasteiger partial charge in [0.15, 0.2) is 5.78 Å². The van der Waals surface area contributed by atoms with Gasteiger partial charge in [-0.2, -0.15) is 0 Å². The molecule has 0 spiro atoms. The molecule has 2 heterocycles. The lowest BCUT2D eigenvalue weighted by Crippen LogP contribution is -2.27. The summed E-state index contributed by atoms with van der Waals surface area (Å²) in [4.78, 5) is 29.3. The van der Waals surface area contributed by atoms with Crippen LogP contribution in [0.4, 0.5) is 0 Å². The van der Waals surface area contributed by atoms with E-state index in [0.717, 1.165) is 34.3 Å². The zero-order valence-corrected chi connectivity index (χ0v) is 14.1. The Morgan fingerprint density at radius 1 is 1.32 bits per heavy atom. The molecular weight excluding hydrogens is 316 g/mol. The molecule has 1 aromatic carbocycles. The van der Waals surface area contributed by atoms with E-state index in [2.05, 4.69) is 4.98 Å². The summed E-state index contributed by atoms with van der Waals surface area (Å²) < 4.78 is 3.53. The van der Waals surface area contributed by atoms with Crippen LogP contribution >= 0.6 is 0 Å². The minimum atomic E-state index is -0.160. The summed E-state index contributed by atoms with van der Waals surface area (Å²) in [7, 11) is 1.96. The van der Waals surface area contributed by atoms with Crippen molar-refractivity contribution in [1.29, 1.82) is 0 Å². The molecule has 2 aromatic heterocycles. The highest BCUT2D eigenvalue weighted by Gasteiger charge is 2.30. The van der Waals surface area contributed by atoms with Crippen LogP contribution in [0.5, 0.6) is 0 Å². The predicted molar refractivity (Wildman–Crippen MR) is 94.7 cm³/mol. The third-order valence-electron chi connectivity index (χ3n) is 5.10. The third kappa shape index (κ3) is 2.49. The lowest BCUT2D eigenvalue weighted by molar-refractivity contribution is 0.0907. The van der Waals surface area contributed by atoms with E-state index in [-0.39, 0.29) is 24.2 Å². The van der Waals surface area contributed by atoms with Crippen LogP contribution in [0.3, 0.4) is 0 Å². The molecule has 0 bridgehead atoms. The van der Waals surface area contributed by atoms with Crippen molar-refractivity contribution in [3.05, 3.63) is 53.7 Å². The number of aryl methyl sites for hydroxylation is 1. The average molecular weight is 336 g/mol. The van der Waals surface area contributed by atoms with E-state index in [1.54, 1.807) is 0 Å². The van der Waals surface area contributed by atoms with Crippen molar-refractivity contribution in [2.45, 2.75) is 19.3 Å². The van der Waals surface area contributed by atoms with E-state index in [9.17, 15) is 9.59 Å². The van der Waals surface area contributed by atoms with Crippen molar-refractivity contribution in [2.24, 2.45) is 18.7 Å². The highest BCUT2D eigenvalue weighted by Crippen LogP contribution is 2.30. The maximum atomic E-state index is 13.1. The number of hydrogen-bond donors (Lipinski definition) is 1. The van der Waals surface area contributed by atoms with E-state index in [4.69, 9.17) is 5.73 Å². The Balaban J connectivity index is 1.64. The summed E-state index contributed by atoms with van der Waals surface area (Å²) in [5.41, 5.74) is 9.01.